The Balaban J connectivity index is 1.72. The number of morpholine rings is 1. The summed E-state index contributed by atoms with van der Waals surface area (Å²) < 4.78 is 32.4. The maximum Gasteiger partial charge on any atom is 0.243 e. The summed E-state index contributed by atoms with van der Waals surface area (Å²) in [5.74, 6) is -0.163. The first-order valence-corrected chi connectivity index (χ1v) is 10.3. The maximum absolute atomic E-state index is 12.9. The molecule has 2 saturated heterocycles. The predicted octanol–water partition coefficient (Wildman–Crippen LogP) is 0.723. The van der Waals surface area contributed by atoms with E-state index in [1.54, 1.807) is 4.90 Å². The van der Waals surface area contributed by atoms with Crippen molar-refractivity contribution in [1.29, 1.82) is 5.26 Å². The van der Waals surface area contributed by atoms with Crippen molar-refractivity contribution in [2.45, 2.75) is 43.8 Å². The summed E-state index contributed by atoms with van der Waals surface area (Å²) in [5.41, 5.74) is -0.926. The molecule has 2 heterocycles. The van der Waals surface area contributed by atoms with Crippen LogP contribution in [0.15, 0.2) is 0 Å². The number of sulfonamides is 1. The fourth-order valence-electron chi connectivity index (χ4n) is 4.03. The van der Waals surface area contributed by atoms with E-state index >= 15 is 0 Å². The highest BCUT2D eigenvalue weighted by atomic mass is 32.2. The molecule has 1 atom stereocenters. The number of hydrogen-bond acceptors (Lipinski definition) is 5. The highest BCUT2D eigenvalue weighted by Crippen LogP contribution is 2.40. The third kappa shape index (κ3) is 3.17. The van der Waals surface area contributed by atoms with E-state index in [1.165, 1.54) is 4.31 Å². The van der Waals surface area contributed by atoms with Crippen molar-refractivity contribution in [2.24, 2.45) is 5.41 Å². The van der Waals surface area contributed by atoms with Crippen LogP contribution < -0.4 is 0 Å². The monoisotopic (exact) mass is 355 g/mol. The summed E-state index contributed by atoms with van der Waals surface area (Å²) in [4.78, 5) is 14.5. The molecule has 3 rings (SSSR count). The molecule has 0 radical (unpaired) electrons. The summed E-state index contributed by atoms with van der Waals surface area (Å²) in [6, 6.07) is 2.22. The number of likely N-dealkylation sites (tertiary alicyclic amines) is 1. The molecule has 134 valence electrons. The topological polar surface area (TPSA) is 90.7 Å². The number of carbonyl (C=O) groups excluding carboxylic acids is 1. The van der Waals surface area contributed by atoms with E-state index in [9.17, 15) is 18.5 Å². The zero-order valence-corrected chi connectivity index (χ0v) is 14.8. The van der Waals surface area contributed by atoms with Gasteiger partial charge in [-0.25, -0.2) is 8.42 Å². The van der Waals surface area contributed by atoms with Crippen molar-refractivity contribution >= 4 is 15.9 Å². The van der Waals surface area contributed by atoms with E-state index in [4.69, 9.17) is 4.74 Å². The Morgan fingerprint density at radius 1 is 1.12 bits per heavy atom. The quantitative estimate of drug-likeness (QED) is 0.744. The smallest absolute Gasteiger partial charge is 0.243 e. The molecule has 2 aliphatic heterocycles. The molecule has 0 aromatic rings. The fraction of sp³-hybridized carbons (Fsp3) is 0.875. The van der Waals surface area contributed by atoms with Crippen molar-refractivity contribution in [3.05, 3.63) is 0 Å². The van der Waals surface area contributed by atoms with Crippen molar-refractivity contribution in [3.8, 4) is 6.07 Å². The molecule has 1 unspecified atom stereocenters. The minimum atomic E-state index is -3.43. The number of nitrogens with zero attached hydrogens (tertiary/aromatic N) is 3. The second kappa shape index (κ2) is 6.98. The molecule has 0 aromatic heterocycles. The highest BCUT2D eigenvalue weighted by molar-refractivity contribution is 7.89. The SMILES string of the molecule is N#CC1(C(=O)N2CCCC(S(=O)(=O)N3CCOCC3)C2)CCCC1. The van der Waals surface area contributed by atoms with Gasteiger partial charge >= 0.3 is 0 Å². The molecule has 0 N–H and O–H groups in total. The first-order valence-electron chi connectivity index (χ1n) is 8.77. The van der Waals surface area contributed by atoms with E-state index in [1.807, 2.05) is 0 Å². The van der Waals surface area contributed by atoms with Crippen LogP contribution in [0.4, 0.5) is 0 Å². The van der Waals surface area contributed by atoms with E-state index in [-0.39, 0.29) is 12.5 Å². The van der Waals surface area contributed by atoms with Gasteiger partial charge in [-0.15, -0.1) is 0 Å². The number of piperidine rings is 1. The van der Waals surface area contributed by atoms with Gasteiger partial charge in [0.25, 0.3) is 0 Å². The lowest BCUT2D eigenvalue weighted by atomic mass is 9.86. The Bertz CT molecular complexity index is 616. The molecular formula is C16H25N3O4S. The Kier molecular flexibility index (Phi) is 5.13. The van der Waals surface area contributed by atoms with Crippen LogP contribution >= 0.6 is 0 Å². The standard InChI is InChI=1S/C16H25N3O4S/c17-13-16(5-1-2-6-16)15(20)18-7-3-4-14(12-18)24(21,22)19-8-10-23-11-9-19/h14H,1-12H2. The second-order valence-corrected chi connectivity index (χ2v) is 9.19. The van der Waals surface area contributed by atoms with Gasteiger partial charge in [0.1, 0.15) is 5.41 Å². The van der Waals surface area contributed by atoms with Gasteiger partial charge < -0.3 is 9.64 Å². The van der Waals surface area contributed by atoms with Crippen LogP contribution in [0, 0.1) is 16.7 Å². The number of amides is 1. The van der Waals surface area contributed by atoms with Crippen LogP contribution in [-0.2, 0) is 19.6 Å². The van der Waals surface area contributed by atoms with Crippen LogP contribution in [0.25, 0.3) is 0 Å². The Morgan fingerprint density at radius 2 is 1.79 bits per heavy atom. The molecule has 0 aromatic carbocycles. The highest BCUT2D eigenvalue weighted by Gasteiger charge is 2.46. The average molecular weight is 355 g/mol. The van der Waals surface area contributed by atoms with Gasteiger partial charge in [0, 0.05) is 26.2 Å². The first-order chi connectivity index (χ1) is 11.5. The Labute approximate surface area is 143 Å². The molecule has 7 nitrogen and oxygen atoms in total. The summed E-state index contributed by atoms with van der Waals surface area (Å²) in [6.07, 6.45) is 4.22. The van der Waals surface area contributed by atoms with Gasteiger partial charge in [-0.05, 0) is 25.7 Å². The minimum Gasteiger partial charge on any atom is -0.379 e. The molecule has 0 bridgehead atoms. The number of nitriles is 1. The summed E-state index contributed by atoms with van der Waals surface area (Å²) >= 11 is 0. The van der Waals surface area contributed by atoms with Crippen LogP contribution in [-0.4, -0.2) is 68.2 Å². The van der Waals surface area contributed by atoms with Crippen LogP contribution in [0.1, 0.15) is 38.5 Å². The summed E-state index contributed by atoms with van der Waals surface area (Å²) in [5, 5.41) is 8.94. The molecule has 0 spiro atoms. The third-order valence-corrected chi connectivity index (χ3v) is 7.81. The first kappa shape index (κ1) is 17.6. The third-order valence-electron chi connectivity index (χ3n) is 5.50. The number of rotatable bonds is 3. The Hall–Kier alpha value is -1.17. The van der Waals surface area contributed by atoms with Gasteiger partial charge in [-0.2, -0.15) is 9.57 Å². The van der Waals surface area contributed by atoms with E-state index in [2.05, 4.69) is 6.07 Å². The zero-order chi connectivity index (χ0) is 17.2. The van der Waals surface area contributed by atoms with Crippen LogP contribution in [0.3, 0.4) is 0 Å². The molecule has 3 aliphatic rings. The van der Waals surface area contributed by atoms with Crippen molar-refractivity contribution in [2.75, 3.05) is 39.4 Å². The normalized spacial score (nSPS) is 28.5. The van der Waals surface area contributed by atoms with E-state index in [0.717, 1.165) is 12.8 Å². The van der Waals surface area contributed by atoms with Gasteiger partial charge in [-0.1, -0.05) is 12.8 Å². The molecule has 1 aliphatic carbocycles. The fourth-order valence-corrected chi connectivity index (χ4v) is 5.94. The van der Waals surface area contributed by atoms with E-state index in [0.29, 0.717) is 58.5 Å². The summed E-state index contributed by atoms with van der Waals surface area (Å²) in [7, 11) is -3.43. The maximum atomic E-state index is 12.9. The molecule has 1 amide bonds. The van der Waals surface area contributed by atoms with Gasteiger partial charge in [0.05, 0.1) is 24.5 Å². The predicted molar refractivity (Wildman–Crippen MR) is 87.4 cm³/mol. The van der Waals surface area contributed by atoms with Crippen LogP contribution in [0.2, 0.25) is 0 Å². The molecule has 3 fully saturated rings. The largest absolute Gasteiger partial charge is 0.379 e. The molecule has 8 heteroatoms. The summed E-state index contributed by atoms with van der Waals surface area (Å²) in [6.45, 7) is 2.38. The molecule has 1 saturated carbocycles. The molecule has 24 heavy (non-hydrogen) atoms. The van der Waals surface area contributed by atoms with Crippen molar-refractivity contribution in [1.82, 2.24) is 9.21 Å². The number of ether oxygens (including phenoxy) is 1. The van der Waals surface area contributed by atoms with Crippen LogP contribution in [0.5, 0.6) is 0 Å². The Morgan fingerprint density at radius 3 is 2.42 bits per heavy atom. The van der Waals surface area contributed by atoms with Crippen molar-refractivity contribution < 1.29 is 17.9 Å². The van der Waals surface area contributed by atoms with Crippen molar-refractivity contribution in [3.63, 3.8) is 0 Å². The van der Waals surface area contributed by atoms with Gasteiger partial charge in [0.15, 0.2) is 0 Å². The van der Waals surface area contributed by atoms with Gasteiger partial charge in [-0.3, -0.25) is 4.79 Å². The minimum absolute atomic E-state index is 0.163. The second-order valence-electron chi connectivity index (χ2n) is 6.97. The molecular weight excluding hydrogens is 330 g/mol. The van der Waals surface area contributed by atoms with E-state index < -0.39 is 20.7 Å². The number of hydrogen-bond donors (Lipinski definition) is 0. The lowest BCUT2D eigenvalue weighted by Gasteiger charge is -2.38. The lowest BCUT2D eigenvalue weighted by Crippen LogP contribution is -2.54. The number of carbonyl (C=O) groups is 1. The lowest BCUT2D eigenvalue weighted by molar-refractivity contribution is -0.139. The average Bonchev–Trinajstić information content (AvgIpc) is 3.12. The van der Waals surface area contributed by atoms with Gasteiger partial charge in [0.2, 0.25) is 15.9 Å². The zero-order valence-electron chi connectivity index (χ0n) is 13.9.